The first kappa shape index (κ1) is 58.6. The Kier molecular flexibility index (Phi) is 48.3. The van der Waals surface area contributed by atoms with Gasteiger partial charge in [0.25, 0.3) is 0 Å². The van der Waals surface area contributed by atoms with Gasteiger partial charge in [-0.2, -0.15) is 0 Å². The Morgan fingerprint density at radius 1 is 0.311 bits per heavy atom. The van der Waals surface area contributed by atoms with E-state index in [4.69, 9.17) is 14.2 Å². The fourth-order valence-electron chi connectivity index (χ4n) is 7.54. The highest BCUT2D eigenvalue weighted by atomic mass is 16.6. The van der Waals surface area contributed by atoms with E-state index in [1.165, 1.54) is 148 Å². The van der Waals surface area contributed by atoms with Gasteiger partial charge in [0.05, 0.1) is 0 Å². The standard InChI is InChI=1S/C55H100O6/c1-4-7-10-13-16-19-22-25-27-28-31-33-36-39-42-45-48-54(57)60-51-52(50-59-53(56)47-44-41-38-35-32-29-24-21-18-15-12-9-6-3)61-55(58)49-46-43-40-37-34-30-26-23-20-17-14-11-8-5-2/h27-30,32,34,52H,4-26,31,33,35-51H2,1-3H3/b28-27-,32-29-,34-30-. The van der Waals surface area contributed by atoms with Crippen molar-refractivity contribution in [1.82, 2.24) is 0 Å². The number of hydrogen-bond acceptors (Lipinski definition) is 6. The number of carbonyl (C=O) groups is 3. The fraction of sp³-hybridized carbons (Fsp3) is 0.836. The van der Waals surface area contributed by atoms with Crippen molar-refractivity contribution >= 4 is 17.9 Å². The zero-order valence-corrected chi connectivity index (χ0v) is 40.7. The van der Waals surface area contributed by atoms with Crippen molar-refractivity contribution in [3.8, 4) is 0 Å². The van der Waals surface area contributed by atoms with Crippen molar-refractivity contribution in [3.05, 3.63) is 36.5 Å². The molecule has 0 bridgehead atoms. The largest absolute Gasteiger partial charge is 0.462 e. The Bertz CT molecular complexity index is 1030. The third-order valence-corrected chi connectivity index (χ3v) is 11.6. The Morgan fingerprint density at radius 3 is 0.836 bits per heavy atom. The summed E-state index contributed by atoms with van der Waals surface area (Å²) < 4.78 is 16.8. The first-order valence-electron chi connectivity index (χ1n) is 26.5. The summed E-state index contributed by atoms with van der Waals surface area (Å²) >= 11 is 0. The van der Waals surface area contributed by atoms with Gasteiger partial charge in [-0.25, -0.2) is 0 Å². The lowest BCUT2D eigenvalue weighted by Crippen LogP contribution is -2.30. The van der Waals surface area contributed by atoms with Crippen molar-refractivity contribution in [1.29, 1.82) is 0 Å². The highest BCUT2D eigenvalue weighted by molar-refractivity contribution is 5.71. The Labute approximate surface area is 378 Å². The second-order valence-electron chi connectivity index (χ2n) is 17.8. The van der Waals surface area contributed by atoms with Crippen LogP contribution in [0.25, 0.3) is 0 Å². The molecule has 61 heavy (non-hydrogen) atoms. The van der Waals surface area contributed by atoms with Crippen LogP contribution in [0, 0.1) is 0 Å². The summed E-state index contributed by atoms with van der Waals surface area (Å²) in [6.07, 6.45) is 58.4. The summed E-state index contributed by atoms with van der Waals surface area (Å²) in [4.78, 5) is 38.0. The molecule has 0 saturated heterocycles. The van der Waals surface area contributed by atoms with E-state index in [0.29, 0.717) is 19.3 Å². The molecule has 6 nitrogen and oxygen atoms in total. The molecular formula is C55H100O6. The molecule has 0 aliphatic heterocycles. The molecule has 0 spiro atoms. The van der Waals surface area contributed by atoms with Crippen molar-refractivity contribution in [2.75, 3.05) is 13.2 Å². The molecule has 1 atom stereocenters. The van der Waals surface area contributed by atoms with Crippen LogP contribution in [-0.2, 0) is 28.6 Å². The SMILES string of the molecule is CCCCCCCC/C=C\CCCCCC(=O)OCC(COC(=O)CCCCCCC/C=C\CCCCCCCCC)OC(=O)CCCCC/C=C\CCCCCCCCC. The van der Waals surface area contributed by atoms with Crippen molar-refractivity contribution in [2.45, 2.75) is 284 Å². The topological polar surface area (TPSA) is 78.9 Å². The van der Waals surface area contributed by atoms with Gasteiger partial charge in [0, 0.05) is 19.3 Å². The van der Waals surface area contributed by atoms with Crippen molar-refractivity contribution < 1.29 is 28.6 Å². The first-order valence-corrected chi connectivity index (χ1v) is 26.5. The van der Waals surface area contributed by atoms with Crippen LogP contribution in [0.15, 0.2) is 36.5 Å². The molecule has 0 heterocycles. The molecule has 0 rings (SSSR count). The zero-order chi connectivity index (χ0) is 44.4. The summed E-state index contributed by atoms with van der Waals surface area (Å²) in [5.74, 6) is -0.917. The lowest BCUT2D eigenvalue weighted by atomic mass is 10.1. The van der Waals surface area contributed by atoms with Gasteiger partial charge in [0.2, 0.25) is 0 Å². The second kappa shape index (κ2) is 50.3. The molecule has 0 aromatic heterocycles. The smallest absolute Gasteiger partial charge is 0.306 e. The van der Waals surface area contributed by atoms with Crippen LogP contribution >= 0.6 is 0 Å². The van der Waals surface area contributed by atoms with Gasteiger partial charge in [-0.15, -0.1) is 0 Å². The monoisotopic (exact) mass is 857 g/mol. The molecule has 0 saturated carbocycles. The minimum atomic E-state index is -0.786. The Morgan fingerprint density at radius 2 is 0.541 bits per heavy atom. The van der Waals surface area contributed by atoms with Crippen LogP contribution in [0.5, 0.6) is 0 Å². The third-order valence-electron chi connectivity index (χ3n) is 11.6. The predicted molar refractivity (Wildman–Crippen MR) is 261 cm³/mol. The molecule has 0 amide bonds. The average molecular weight is 857 g/mol. The maximum Gasteiger partial charge on any atom is 0.306 e. The quantitative estimate of drug-likeness (QED) is 0.0262. The van der Waals surface area contributed by atoms with Gasteiger partial charge in [-0.1, -0.05) is 198 Å². The molecular weight excluding hydrogens is 757 g/mol. The van der Waals surface area contributed by atoms with Gasteiger partial charge in [-0.05, 0) is 96.3 Å². The Balaban J connectivity index is 4.40. The van der Waals surface area contributed by atoms with Crippen molar-refractivity contribution in [2.24, 2.45) is 0 Å². The summed E-state index contributed by atoms with van der Waals surface area (Å²) in [7, 11) is 0. The lowest BCUT2D eigenvalue weighted by molar-refractivity contribution is -0.167. The maximum absolute atomic E-state index is 12.8. The summed E-state index contributed by atoms with van der Waals surface area (Å²) in [6, 6.07) is 0. The van der Waals surface area contributed by atoms with Gasteiger partial charge >= 0.3 is 17.9 Å². The zero-order valence-electron chi connectivity index (χ0n) is 40.7. The van der Waals surface area contributed by atoms with Crippen LogP contribution in [0.2, 0.25) is 0 Å². The second-order valence-corrected chi connectivity index (χ2v) is 17.8. The number of hydrogen-bond donors (Lipinski definition) is 0. The van der Waals surface area contributed by atoms with Gasteiger partial charge in [0.15, 0.2) is 6.10 Å². The Hall–Kier alpha value is -2.37. The van der Waals surface area contributed by atoms with E-state index < -0.39 is 6.10 Å². The molecule has 0 aliphatic rings. The molecule has 0 aromatic carbocycles. The highest BCUT2D eigenvalue weighted by Crippen LogP contribution is 2.14. The normalized spacial score (nSPS) is 12.2. The van der Waals surface area contributed by atoms with E-state index >= 15 is 0 Å². The molecule has 6 heteroatoms. The summed E-state index contributed by atoms with van der Waals surface area (Å²) in [5.41, 5.74) is 0. The first-order chi connectivity index (χ1) is 30.0. The van der Waals surface area contributed by atoms with Crippen molar-refractivity contribution in [3.63, 3.8) is 0 Å². The van der Waals surface area contributed by atoms with Gasteiger partial charge in [-0.3, -0.25) is 14.4 Å². The molecule has 0 N–H and O–H groups in total. The van der Waals surface area contributed by atoms with Crippen LogP contribution in [-0.4, -0.2) is 37.2 Å². The lowest BCUT2D eigenvalue weighted by Gasteiger charge is -2.18. The molecule has 0 aliphatic carbocycles. The third kappa shape index (κ3) is 48.5. The van der Waals surface area contributed by atoms with Crippen LogP contribution < -0.4 is 0 Å². The van der Waals surface area contributed by atoms with E-state index in [1.807, 2.05) is 0 Å². The predicted octanol–water partition coefficient (Wildman–Crippen LogP) is 17.3. The van der Waals surface area contributed by atoms with Crippen LogP contribution in [0.1, 0.15) is 278 Å². The highest BCUT2D eigenvalue weighted by Gasteiger charge is 2.19. The number of allylic oxidation sites excluding steroid dienone is 6. The van der Waals surface area contributed by atoms with Gasteiger partial charge in [0.1, 0.15) is 13.2 Å². The summed E-state index contributed by atoms with van der Waals surface area (Å²) in [6.45, 7) is 6.61. The molecule has 1 unspecified atom stereocenters. The van der Waals surface area contributed by atoms with E-state index in [9.17, 15) is 14.4 Å². The molecule has 0 radical (unpaired) electrons. The fourth-order valence-corrected chi connectivity index (χ4v) is 7.54. The minimum Gasteiger partial charge on any atom is -0.462 e. The van der Waals surface area contributed by atoms with Gasteiger partial charge < -0.3 is 14.2 Å². The maximum atomic E-state index is 12.8. The van der Waals surface area contributed by atoms with E-state index in [0.717, 1.165) is 89.9 Å². The molecule has 0 aromatic rings. The summed E-state index contributed by atoms with van der Waals surface area (Å²) in [5, 5.41) is 0. The average Bonchev–Trinajstić information content (AvgIpc) is 3.26. The minimum absolute atomic E-state index is 0.0857. The van der Waals surface area contributed by atoms with E-state index in [1.54, 1.807) is 0 Å². The molecule has 0 fully saturated rings. The van der Waals surface area contributed by atoms with E-state index in [-0.39, 0.29) is 31.1 Å². The van der Waals surface area contributed by atoms with Crippen LogP contribution in [0.4, 0.5) is 0 Å². The van der Waals surface area contributed by atoms with E-state index in [2.05, 4.69) is 57.2 Å². The number of ether oxygens (including phenoxy) is 3. The number of esters is 3. The number of carbonyl (C=O) groups excluding carboxylic acids is 3. The number of unbranched alkanes of at least 4 members (excludes halogenated alkanes) is 31. The molecule has 356 valence electrons. The van der Waals surface area contributed by atoms with Crippen LogP contribution in [0.3, 0.4) is 0 Å². The number of rotatable bonds is 48.